The molecule has 0 spiro atoms. The number of sulfone groups is 1. The second kappa shape index (κ2) is 10.3. The van der Waals surface area contributed by atoms with Gasteiger partial charge in [-0.15, -0.1) is 24.0 Å². The Hall–Kier alpha value is -1.24. The van der Waals surface area contributed by atoms with Gasteiger partial charge in [0.2, 0.25) is 0 Å². The maximum absolute atomic E-state index is 12.2. The van der Waals surface area contributed by atoms with Crippen molar-refractivity contribution in [3.05, 3.63) is 29.8 Å². The minimum Gasteiger partial charge on any atom is -0.484 e. The molecule has 11 heteroatoms. The van der Waals surface area contributed by atoms with Crippen LogP contribution in [0.2, 0.25) is 0 Å². The minimum atomic E-state index is -4.39. The molecule has 1 fully saturated rings. The highest BCUT2D eigenvalue weighted by Gasteiger charge is 2.29. The summed E-state index contributed by atoms with van der Waals surface area (Å²) in [6.45, 7) is 1.35. The smallest absolute Gasteiger partial charge is 0.422 e. The molecular formula is C16H23F3IN3O3S. The van der Waals surface area contributed by atoms with E-state index in [0.29, 0.717) is 24.5 Å². The number of aliphatic imine (C=N–C) groups is 1. The molecule has 154 valence electrons. The molecule has 1 aliphatic rings. The fourth-order valence-electron chi connectivity index (χ4n) is 2.49. The van der Waals surface area contributed by atoms with E-state index in [1.54, 1.807) is 12.1 Å². The number of guanidine groups is 1. The molecule has 0 aliphatic carbocycles. The quantitative estimate of drug-likeness (QED) is 0.342. The molecular weight excluding hydrogens is 498 g/mol. The molecule has 1 unspecified atom stereocenters. The van der Waals surface area contributed by atoms with E-state index in [4.69, 9.17) is 4.74 Å². The highest BCUT2D eigenvalue weighted by Crippen LogP contribution is 2.19. The maximum atomic E-state index is 12.2. The van der Waals surface area contributed by atoms with Crippen molar-refractivity contribution in [3.8, 4) is 5.75 Å². The molecule has 1 aromatic carbocycles. The van der Waals surface area contributed by atoms with Gasteiger partial charge in [-0.05, 0) is 31.0 Å². The number of benzene rings is 1. The van der Waals surface area contributed by atoms with Gasteiger partial charge in [-0.25, -0.2) is 13.4 Å². The van der Waals surface area contributed by atoms with E-state index in [-0.39, 0.29) is 53.8 Å². The Labute approximate surface area is 173 Å². The lowest BCUT2D eigenvalue weighted by Crippen LogP contribution is -2.44. The fourth-order valence-corrected chi connectivity index (χ4v) is 4.16. The van der Waals surface area contributed by atoms with E-state index in [1.807, 2.05) is 6.92 Å². The number of nitrogens with one attached hydrogen (secondary N) is 2. The second-order valence-electron chi connectivity index (χ2n) is 5.99. The third kappa shape index (κ3) is 9.00. The van der Waals surface area contributed by atoms with Gasteiger partial charge in [0.15, 0.2) is 22.4 Å². The van der Waals surface area contributed by atoms with Crippen LogP contribution < -0.4 is 15.4 Å². The number of rotatable bonds is 6. The zero-order valence-corrected chi connectivity index (χ0v) is 17.9. The van der Waals surface area contributed by atoms with Crippen LogP contribution in [-0.4, -0.2) is 51.3 Å². The average molecular weight is 521 g/mol. The van der Waals surface area contributed by atoms with Crippen LogP contribution >= 0.6 is 24.0 Å². The van der Waals surface area contributed by atoms with Gasteiger partial charge in [-0.1, -0.05) is 12.1 Å². The van der Waals surface area contributed by atoms with Crippen LogP contribution in [0.4, 0.5) is 13.2 Å². The lowest BCUT2D eigenvalue weighted by molar-refractivity contribution is -0.153. The van der Waals surface area contributed by atoms with Crippen LogP contribution in [0.15, 0.2) is 29.3 Å². The van der Waals surface area contributed by atoms with Gasteiger partial charge in [0.25, 0.3) is 0 Å². The van der Waals surface area contributed by atoms with Crippen molar-refractivity contribution >= 4 is 39.8 Å². The molecule has 1 atom stereocenters. The summed E-state index contributed by atoms with van der Waals surface area (Å²) < 4.78 is 64.5. The predicted octanol–water partition coefficient (Wildman–Crippen LogP) is 2.49. The van der Waals surface area contributed by atoms with Crippen LogP contribution in [0.3, 0.4) is 0 Å². The molecule has 0 aromatic heterocycles. The largest absolute Gasteiger partial charge is 0.484 e. The molecule has 6 nitrogen and oxygen atoms in total. The number of nitrogens with zero attached hydrogens (tertiary/aromatic N) is 1. The van der Waals surface area contributed by atoms with Crippen LogP contribution in [0.5, 0.6) is 5.75 Å². The maximum Gasteiger partial charge on any atom is 0.422 e. The van der Waals surface area contributed by atoms with E-state index in [1.165, 1.54) is 12.1 Å². The molecule has 2 rings (SSSR count). The van der Waals surface area contributed by atoms with Gasteiger partial charge in [0, 0.05) is 12.6 Å². The van der Waals surface area contributed by atoms with Gasteiger partial charge >= 0.3 is 6.18 Å². The minimum absolute atomic E-state index is 0. The summed E-state index contributed by atoms with van der Waals surface area (Å²) in [7, 11) is -3.00. The summed E-state index contributed by atoms with van der Waals surface area (Å²) in [4.78, 5) is 4.37. The SMILES string of the molecule is CCNC(=NCc1cccc(OCC(F)(F)F)c1)NC1CCS(=O)(=O)C1.I. The molecule has 27 heavy (non-hydrogen) atoms. The van der Waals surface area contributed by atoms with E-state index >= 15 is 0 Å². The predicted molar refractivity (Wildman–Crippen MR) is 108 cm³/mol. The normalized spacial score (nSPS) is 19.3. The summed E-state index contributed by atoms with van der Waals surface area (Å²) in [6, 6.07) is 6.08. The van der Waals surface area contributed by atoms with Crippen molar-refractivity contribution in [1.82, 2.24) is 10.6 Å². The second-order valence-corrected chi connectivity index (χ2v) is 8.22. The highest BCUT2D eigenvalue weighted by atomic mass is 127. The van der Waals surface area contributed by atoms with Crippen LogP contribution in [0.25, 0.3) is 0 Å². The van der Waals surface area contributed by atoms with E-state index in [9.17, 15) is 21.6 Å². The van der Waals surface area contributed by atoms with Crippen molar-refractivity contribution in [2.45, 2.75) is 32.1 Å². The number of alkyl halides is 3. The number of halogens is 4. The molecule has 1 aliphatic heterocycles. The first-order valence-electron chi connectivity index (χ1n) is 8.20. The van der Waals surface area contributed by atoms with Gasteiger partial charge in [0.05, 0.1) is 18.1 Å². The first-order chi connectivity index (χ1) is 12.2. The molecule has 1 saturated heterocycles. The van der Waals surface area contributed by atoms with Crippen molar-refractivity contribution < 1.29 is 26.3 Å². The summed E-state index contributed by atoms with van der Waals surface area (Å²) >= 11 is 0. The van der Waals surface area contributed by atoms with Crippen molar-refractivity contribution in [1.29, 1.82) is 0 Å². The van der Waals surface area contributed by atoms with Crippen molar-refractivity contribution in [2.75, 3.05) is 24.7 Å². The van der Waals surface area contributed by atoms with Gasteiger partial charge in [-0.2, -0.15) is 13.2 Å². The first kappa shape index (κ1) is 23.8. The Morgan fingerprint density at radius 3 is 2.70 bits per heavy atom. The monoisotopic (exact) mass is 521 g/mol. The van der Waals surface area contributed by atoms with Crippen LogP contribution in [0.1, 0.15) is 18.9 Å². The molecule has 1 aromatic rings. The van der Waals surface area contributed by atoms with Crippen molar-refractivity contribution in [3.63, 3.8) is 0 Å². The third-order valence-electron chi connectivity index (χ3n) is 3.64. The molecule has 2 N–H and O–H groups in total. The van der Waals surface area contributed by atoms with Gasteiger partial charge < -0.3 is 15.4 Å². The molecule has 1 heterocycles. The molecule has 0 amide bonds. The van der Waals surface area contributed by atoms with Crippen LogP contribution in [-0.2, 0) is 16.4 Å². The van der Waals surface area contributed by atoms with E-state index in [2.05, 4.69) is 15.6 Å². The Kier molecular flexibility index (Phi) is 9.12. The fraction of sp³-hybridized carbons (Fsp3) is 0.562. The molecule has 0 radical (unpaired) electrons. The Balaban J connectivity index is 0.00000364. The lowest BCUT2D eigenvalue weighted by Gasteiger charge is -2.16. The molecule has 0 bridgehead atoms. The summed E-state index contributed by atoms with van der Waals surface area (Å²) in [5.41, 5.74) is 0.681. The summed E-state index contributed by atoms with van der Waals surface area (Å²) in [5.74, 6) is 0.812. The van der Waals surface area contributed by atoms with Crippen molar-refractivity contribution in [2.24, 2.45) is 4.99 Å². The number of hydrogen-bond acceptors (Lipinski definition) is 4. The highest BCUT2D eigenvalue weighted by molar-refractivity contribution is 14.0. The summed E-state index contributed by atoms with van der Waals surface area (Å²) in [6.07, 6.45) is -3.87. The van der Waals surface area contributed by atoms with Gasteiger partial charge in [-0.3, -0.25) is 0 Å². The average Bonchev–Trinajstić information content (AvgIpc) is 2.89. The Morgan fingerprint density at radius 1 is 1.37 bits per heavy atom. The van der Waals surface area contributed by atoms with E-state index in [0.717, 1.165) is 0 Å². The van der Waals surface area contributed by atoms with Crippen LogP contribution in [0, 0.1) is 0 Å². The third-order valence-corrected chi connectivity index (χ3v) is 5.41. The number of ether oxygens (including phenoxy) is 1. The van der Waals surface area contributed by atoms with E-state index < -0.39 is 22.6 Å². The Morgan fingerprint density at radius 2 is 2.11 bits per heavy atom. The number of hydrogen-bond donors (Lipinski definition) is 2. The topological polar surface area (TPSA) is 79.8 Å². The zero-order valence-electron chi connectivity index (χ0n) is 14.8. The standard InChI is InChI=1S/C16H22F3N3O3S.HI/c1-2-20-15(22-13-6-7-26(23,24)10-13)21-9-12-4-3-5-14(8-12)25-11-16(17,18)19;/h3-5,8,13H,2,6-7,9-11H2,1H3,(H2,20,21,22);1H. The summed E-state index contributed by atoms with van der Waals surface area (Å²) in [5, 5.41) is 6.11. The molecule has 0 saturated carbocycles. The van der Waals surface area contributed by atoms with Gasteiger partial charge in [0.1, 0.15) is 5.75 Å². The Bertz CT molecular complexity index is 742. The first-order valence-corrected chi connectivity index (χ1v) is 10.0. The zero-order chi connectivity index (χ0) is 19.2. The lowest BCUT2D eigenvalue weighted by atomic mass is 10.2.